The SMILES string of the molecule is COc1cc(C(=O)N(C)[C@H](C)c2nc3ccccc3s2)cc(OC)c1OC. The van der Waals surface area contributed by atoms with E-state index in [0.717, 1.165) is 15.2 Å². The molecule has 6 nitrogen and oxygen atoms in total. The maximum Gasteiger partial charge on any atom is 0.254 e. The van der Waals surface area contributed by atoms with E-state index in [1.54, 1.807) is 35.4 Å². The predicted octanol–water partition coefficient (Wildman–Crippen LogP) is 4.16. The summed E-state index contributed by atoms with van der Waals surface area (Å²) in [6.45, 7) is 1.97. The van der Waals surface area contributed by atoms with E-state index in [1.165, 1.54) is 21.3 Å². The van der Waals surface area contributed by atoms with Crippen molar-refractivity contribution < 1.29 is 19.0 Å². The van der Waals surface area contributed by atoms with E-state index >= 15 is 0 Å². The number of amides is 1. The minimum absolute atomic E-state index is 0.152. The topological polar surface area (TPSA) is 60.9 Å². The third-order valence-corrected chi connectivity index (χ3v) is 5.69. The molecule has 7 heteroatoms. The van der Waals surface area contributed by atoms with E-state index < -0.39 is 0 Å². The number of aromatic nitrogens is 1. The molecule has 0 N–H and O–H groups in total. The van der Waals surface area contributed by atoms with Crippen molar-refractivity contribution in [3.63, 3.8) is 0 Å². The normalized spacial score (nSPS) is 11.9. The van der Waals surface area contributed by atoms with Gasteiger partial charge < -0.3 is 19.1 Å². The van der Waals surface area contributed by atoms with Crippen LogP contribution >= 0.6 is 11.3 Å². The second-order valence-corrected chi connectivity index (χ2v) is 7.09. The van der Waals surface area contributed by atoms with Crippen molar-refractivity contribution in [2.24, 2.45) is 0 Å². The fourth-order valence-corrected chi connectivity index (χ4v) is 3.88. The Kier molecular flexibility index (Phi) is 5.51. The molecule has 0 fully saturated rings. The smallest absolute Gasteiger partial charge is 0.254 e. The number of ether oxygens (including phenoxy) is 3. The molecule has 2 aromatic carbocycles. The minimum atomic E-state index is -0.172. The molecule has 0 bridgehead atoms. The molecule has 0 saturated heterocycles. The molecular weight excluding hydrogens is 364 g/mol. The van der Waals surface area contributed by atoms with Crippen LogP contribution in [0.1, 0.15) is 28.3 Å². The zero-order chi connectivity index (χ0) is 19.6. The van der Waals surface area contributed by atoms with E-state index in [4.69, 9.17) is 14.2 Å². The number of hydrogen-bond acceptors (Lipinski definition) is 6. The molecule has 0 unspecified atom stereocenters. The first-order chi connectivity index (χ1) is 13.0. The Bertz CT molecular complexity index is 912. The number of carbonyl (C=O) groups excluding carboxylic acids is 1. The fourth-order valence-electron chi connectivity index (χ4n) is 2.82. The van der Waals surface area contributed by atoms with Crippen molar-refractivity contribution in [1.82, 2.24) is 9.88 Å². The van der Waals surface area contributed by atoms with Crippen LogP contribution in [0.15, 0.2) is 36.4 Å². The predicted molar refractivity (Wildman–Crippen MR) is 106 cm³/mol. The summed E-state index contributed by atoms with van der Waals surface area (Å²) in [5.41, 5.74) is 1.40. The van der Waals surface area contributed by atoms with Crippen molar-refractivity contribution in [1.29, 1.82) is 0 Å². The number of hydrogen-bond donors (Lipinski definition) is 0. The summed E-state index contributed by atoms with van der Waals surface area (Å²) in [6, 6.07) is 11.1. The van der Waals surface area contributed by atoms with Crippen LogP contribution in [0.4, 0.5) is 0 Å². The molecule has 0 saturated carbocycles. The molecule has 1 amide bonds. The molecule has 1 heterocycles. The van der Waals surface area contributed by atoms with Gasteiger partial charge in [0.05, 0.1) is 37.6 Å². The third-order valence-electron chi connectivity index (χ3n) is 4.48. The fraction of sp³-hybridized carbons (Fsp3) is 0.300. The van der Waals surface area contributed by atoms with E-state index in [2.05, 4.69) is 4.98 Å². The summed E-state index contributed by atoms with van der Waals surface area (Å²) in [4.78, 5) is 19.4. The van der Waals surface area contributed by atoms with Crippen LogP contribution in [0.5, 0.6) is 17.2 Å². The number of carbonyl (C=O) groups is 1. The number of rotatable bonds is 6. The molecule has 142 valence electrons. The minimum Gasteiger partial charge on any atom is -0.493 e. The van der Waals surface area contributed by atoms with Gasteiger partial charge in [-0.1, -0.05) is 12.1 Å². The van der Waals surface area contributed by atoms with Crippen LogP contribution in [0.3, 0.4) is 0 Å². The van der Waals surface area contributed by atoms with Gasteiger partial charge in [-0.3, -0.25) is 4.79 Å². The van der Waals surface area contributed by atoms with E-state index in [-0.39, 0.29) is 11.9 Å². The van der Waals surface area contributed by atoms with Crippen LogP contribution in [-0.4, -0.2) is 44.2 Å². The Morgan fingerprint density at radius 3 is 2.26 bits per heavy atom. The molecule has 1 aromatic heterocycles. The van der Waals surface area contributed by atoms with Crippen LogP contribution in [-0.2, 0) is 0 Å². The molecule has 27 heavy (non-hydrogen) atoms. The zero-order valence-electron chi connectivity index (χ0n) is 16.0. The molecule has 3 aromatic rings. The number of fused-ring (bicyclic) bond motifs is 1. The zero-order valence-corrected chi connectivity index (χ0v) is 16.8. The van der Waals surface area contributed by atoms with Gasteiger partial charge in [0.1, 0.15) is 5.01 Å². The van der Waals surface area contributed by atoms with Crippen molar-refractivity contribution in [3.05, 3.63) is 47.0 Å². The highest BCUT2D eigenvalue weighted by Gasteiger charge is 2.24. The van der Waals surface area contributed by atoms with Crippen molar-refractivity contribution in [3.8, 4) is 17.2 Å². The third kappa shape index (κ3) is 3.55. The molecule has 0 aliphatic heterocycles. The Hall–Kier alpha value is -2.80. The number of methoxy groups -OCH3 is 3. The van der Waals surface area contributed by atoms with E-state index in [0.29, 0.717) is 22.8 Å². The molecular formula is C20H22N2O4S. The van der Waals surface area contributed by atoms with Gasteiger partial charge in [0, 0.05) is 12.6 Å². The van der Waals surface area contributed by atoms with Crippen LogP contribution in [0.2, 0.25) is 0 Å². The lowest BCUT2D eigenvalue weighted by Crippen LogP contribution is -2.29. The molecule has 0 aliphatic rings. The summed E-state index contributed by atoms with van der Waals surface area (Å²) in [6.07, 6.45) is 0. The number of para-hydroxylation sites is 1. The summed E-state index contributed by atoms with van der Waals surface area (Å²) in [7, 11) is 6.35. The highest BCUT2D eigenvalue weighted by Crippen LogP contribution is 2.39. The summed E-state index contributed by atoms with van der Waals surface area (Å²) >= 11 is 1.59. The Morgan fingerprint density at radius 2 is 1.70 bits per heavy atom. The molecule has 3 rings (SSSR count). The van der Waals surface area contributed by atoms with E-state index in [9.17, 15) is 4.79 Å². The van der Waals surface area contributed by atoms with Crippen molar-refractivity contribution in [2.45, 2.75) is 13.0 Å². The van der Waals surface area contributed by atoms with Gasteiger partial charge in [0.25, 0.3) is 5.91 Å². The first kappa shape index (κ1) is 19.0. The van der Waals surface area contributed by atoms with Gasteiger partial charge >= 0.3 is 0 Å². The maximum atomic E-state index is 13.1. The first-order valence-corrected chi connectivity index (χ1v) is 9.24. The second kappa shape index (κ2) is 7.84. The van der Waals surface area contributed by atoms with Crippen LogP contribution < -0.4 is 14.2 Å². The number of benzene rings is 2. The largest absolute Gasteiger partial charge is 0.493 e. The average molecular weight is 386 g/mol. The second-order valence-electron chi connectivity index (χ2n) is 6.03. The van der Waals surface area contributed by atoms with Gasteiger partial charge in [0.2, 0.25) is 5.75 Å². The van der Waals surface area contributed by atoms with Gasteiger partial charge in [-0.25, -0.2) is 4.98 Å². The van der Waals surface area contributed by atoms with Crippen molar-refractivity contribution >= 4 is 27.5 Å². The van der Waals surface area contributed by atoms with Crippen molar-refractivity contribution in [2.75, 3.05) is 28.4 Å². The quantitative estimate of drug-likeness (QED) is 0.637. The Morgan fingerprint density at radius 1 is 1.07 bits per heavy atom. The standard InChI is InChI=1S/C20H22N2O4S/c1-12(19-21-14-8-6-7-9-17(14)27-19)22(2)20(23)13-10-15(24-3)18(26-5)16(11-13)25-4/h6-12H,1-5H3/t12-/m1/s1. The van der Waals surface area contributed by atoms with Gasteiger partial charge in [-0.2, -0.15) is 0 Å². The first-order valence-electron chi connectivity index (χ1n) is 8.42. The molecule has 0 aliphatic carbocycles. The number of thiazole rings is 1. The van der Waals surface area contributed by atoms with Gasteiger partial charge in [0.15, 0.2) is 11.5 Å². The summed E-state index contributed by atoms with van der Waals surface area (Å²) in [5, 5.41) is 0.888. The average Bonchev–Trinajstić information content (AvgIpc) is 3.15. The molecule has 1 atom stereocenters. The highest BCUT2D eigenvalue weighted by atomic mass is 32.1. The Balaban J connectivity index is 1.92. The van der Waals surface area contributed by atoms with Crippen LogP contribution in [0, 0.1) is 0 Å². The highest BCUT2D eigenvalue weighted by molar-refractivity contribution is 7.18. The van der Waals surface area contributed by atoms with E-state index in [1.807, 2.05) is 31.2 Å². The lowest BCUT2D eigenvalue weighted by atomic mass is 10.1. The summed E-state index contributed by atoms with van der Waals surface area (Å²) < 4.78 is 17.1. The lowest BCUT2D eigenvalue weighted by molar-refractivity contribution is 0.0741. The molecule has 0 radical (unpaired) electrons. The lowest BCUT2D eigenvalue weighted by Gasteiger charge is -2.24. The maximum absolute atomic E-state index is 13.1. The monoisotopic (exact) mass is 386 g/mol. The molecule has 0 spiro atoms. The Labute approximate surface area is 162 Å². The van der Waals surface area contributed by atoms with Crippen LogP contribution in [0.25, 0.3) is 10.2 Å². The van der Waals surface area contributed by atoms with Gasteiger partial charge in [-0.05, 0) is 31.2 Å². The van der Waals surface area contributed by atoms with Gasteiger partial charge in [-0.15, -0.1) is 11.3 Å². The number of nitrogens with zero attached hydrogens (tertiary/aromatic N) is 2. The summed E-state index contributed by atoms with van der Waals surface area (Å²) in [5.74, 6) is 1.20.